The summed E-state index contributed by atoms with van der Waals surface area (Å²) in [5, 5.41) is 20.2. The van der Waals surface area contributed by atoms with Crippen LogP contribution in [0.25, 0.3) is 0 Å². The Balaban J connectivity index is 2.04. The molecule has 0 spiro atoms. The van der Waals surface area contributed by atoms with E-state index in [1.807, 2.05) is 0 Å². The van der Waals surface area contributed by atoms with Gasteiger partial charge in [0.05, 0.1) is 39.7 Å². The van der Waals surface area contributed by atoms with Crippen molar-refractivity contribution in [2.75, 3.05) is 27.3 Å². The van der Waals surface area contributed by atoms with E-state index in [0.717, 1.165) is 25.9 Å². The average Bonchev–Trinajstić information content (AvgIpc) is 2.80. The van der Waals surface area contributed by atoms with E-state index >= 15 is 0 Å². The third-order valence-electron chi connectivity index (χ3n) is 5.62. The summed E-state index contributed by atoms with van der Waals surface area (Å²) in [7, 11) is 2.77. The van der Waals surface area contributed by atoms with Gasteiger partial charge in [-0.1, -0.05) is 12.5 Å². The number of rotatable bonds is 8. The van der Waals surface area contributed by atoms with Crippen molar-refractivity contribution in [2.24, 2.45) is 0 Å². The van der Waals surface area contributed by atoms with E-state index < -0.39 is 23.1 Å². The van der Waals surface area contributed by atoms with E-state index in [2.05, 4.69) is 4.90 Å². The standard InChI is InChI=1S/C23H29NO7/c1-29-20-7-6-15(10-16(20)14-25)18(12-21(27)30-2)23-22(28)19(26)11-17(31-23)13-24-8-4-3-5-9-24/h6-7,10-11,18,25,28H,3-5,8-9,12-14H2,1-2H3/t18-/m1/s1. The molecule has 1 aliphatic heterocycles. The summed E-state index contributed by atoms with van der Waals surface area (Å²) in [5.41, 5.74) is 0.545. The van der Waals surface area contributed by atoms with Gasteiger partial charge >= 0.3 is 5.97 Å². The fraction of sp³-hybridized carbons (Fsp3) is 0.478. The molecule has 1 fully saturated rings. The summed E-state index contributed by atoms with van der Waals surface area (Å²) in [6.45, 7) is 2.03. The summed E-state index contributed by atoms with van der Waals surface area (Å²) >= 11 is 0. The van der Waals surface area contributed by atoms with Gasteiger partial charge in [-0.25, -0.2) is 0 Å². The molecule has 2 aromatic rings. The molecular weight excluding hydrogens is 402 g/mol. The largest absolute Gasteiger partial charge is 0.502 e. The maximum Gasteiger partial charge on any atom is 0.306 e. The van der Waals surface area contributed by atoms with Crippen LogP contribution in [0.4, 0.5) is 0 Å². The second-order valence-corrected chi connectivity index (χ2v) is 7.69. The van der Waals surface area contributed by atoms with Crippen LogP contribution in [0, 0.1) is 0 Å². The zero-order valence-electron chi connectivity index (χ0n) is 17.9. The fourth-order valence-corrected chi connectivity index (χ4v) is 3.96. The number of benzene rings is 1. The van der Waals surface area contributed by atoms with E-state index in [9.17, 15) is 19.8 Å². The molecule has 0 saturated carbocycles. The number of carbonyl (C=O) groups is 1. The highest BCUT2D eigenvalue weighted by Crippen LogP contribution is 2.35. The van der Waals surface area contributed by atoms with Crippen molar-refractivity contribution in [1.29, 1.82) is 0 Å². The minimum Gasteiger partial charge on any atom is -0.502 e. The van der Waals surface area contributed by atoms with Gasteiger partial charge in [0.15, 0.2) is 5.76 Å². The Morgan fingerprint density at radius 1 is 1.19 bits per heavy atom. The number of hydrogen-bond donors (Lipinski definition) is 2. The SMILES string of the molecule is COC(=O)C[C@H](c1ccc(OC)c(CO)c1)c1oc(CN2CCCCC2)cc(=O)c1O. The Bertz CT molecular complexity index is 963. The highest BCUT2D eigenvalue weighted by atomic mass is 16.5. The Morgan fingerprint density at radius 3 is 2.58 bits per heavy atom. The quantitative estimate of drug-likeness (QED) is 0.614. The maximum absolute atomic E-state index is 12.5. The van der Waals surface area contributed by atoms with Gasteiger partial charge in [0.1, 0.15) is 11.5 Å². The minimum atomic E-state index is -0.766. The molecule has 168 valence electrons. The molecule has 1 saturated heterocycles. The molecule has 8 heteroatoms. The van der Waals surface area contributed by atoms with Crippen LogP contribution < -0.4 is 10.2 Å². The van der Waals surface area contributed by atoms with Gasteiger partial charge in [-0.05, 0) is 43.6 Å². The lowest BCUT2D eigenvalue weighted by atomic mass is 9.90. The Kier molecular flexibility index (Phi) is 7.70. The Hall–Kier alpha value is -2.84. The highest BCUT2D eigenvalue weighted by Gasteiger charge is 2.27. The van der Waals surface area contributed by atoms with Crippen molar-refractivity contribution >= 4 is 5.97 Å². The number of nitrogens with zero attached hydrogens (tertiary/aromatic N) is 1. The molecule has 1 aromatic carbocycles. The van der Waals surface area contributed by atoms with Crippen LogP contribution in [0.1, 0.15) is 54.2 Å². The van der Waals surface area contributed by atoms with Crippen molar-refractivity contribution in [3.05, 3.63) is 57.1 Å². The number of aromatic hydroxyl groups is 1. The fourth-order valence-electron chi connectivity index (χ4n) is 3.96. The number of hydrogen-bond acceptors (Lipinski definition) is 8. The molecule has 0 radical (unpaired) electrons. The normalized spacial score (nSPS) is 15.5. The first-order valence-corrected chi connectivity index (χ1v) is 10.4. The van der Waals surface area contributed by atoms with Gasteiger partial charge in [0.25, 0.3) is 0 Å². The second-order valence-electron chi connectivity index (χ2n) is 7.69. The van der Waals surface area contributed by atoms with Crippen molar-refractivity contribution in [2.45, 2.75) is 44.8 Å². The summed E-state index contributed by atoms with van der Waals surface area (Å²) in [4.78, 5) is 26.9. The number of carbonyl (C=O) groups excluding carboxylic acids is 1. The van der Waals surface area contributed by atoms with Crippen LogP contribution in [-0.2, 0) is 22.7 Å². The molecule has 1 atom stereocenters. The van der Waals surface area contributed by atoms with E-state index in [-0.39, 0.29) is 18.8 Å². The molecule has 2 heterocycles. The van der Waals surface area contributed by atoms with Crippen molar-refractivity contribution < 1.29 is 28.9 Å². The van der Waals surface area contributed by atoms with E-state index in [4.69, 9.17) is 13.9 Å². The number of aliphatic hydroxyl groups excluding tert-OH is 1. The topological polar surface area (TPSA) is 109 Å². The molecule has 3 rings (SSSR count). The van der Waals surface area contributed by atoms with Crippen LogP contribution in [0.15, 0.2) is 33.5 Å². The molecule has 31 heavy (non-hydrogen) atoms. The zero-order chi connectivity index (χ0) is 22.4. The number of esters is 1. The van der Waals surface area contributed by atoms with E-state index in [1.165, 1.54) is 26.7 Å². The van der Waals surface area contributed by atoms with Crippen LogP contribution in [-0.4, -0.2) is 48.4 Å². The number of likely N-dealkylation sites (tertiary alicyclic amines) is 1. The van der Waals surface area contributed by atoms with Gasteiger partial charge in [0, 0.05) is 11.6 Å². The van der Waals surface area contributed by atoms with E-state index in [0.29, 0.717) is 29.2 Å². The average molecular weight is 431 g/mol. The highest BCUT2D eigenvalue weighted by molar-refractivity contribution is 5.71. The van der Waals surface area contributed by atoms with Gasteiger partial charge in [0.2, 0.25) is 11.2 Å². The first-order valence-electron chi connectivity index (χ1n) is 10.4. The third-order valence-corrected chi connectivity index (χ3v) is 5.62. The molecule has 0 aliphatic carbocycles. The first-order chi connectivity index (χ1) is 15.0. The minimum absolute atomic E-state index is 0.0129. The van der Waals surface area contributed by atoms with Gasteiger partial charge in [-0.3, -0.25) is 14.5 Å². The third kappa shape index (κ3) is 5.45. The van der Waals surface area contributed by atoms with Crippen molar-refractivity contribution in [3.63, 3.8) is 0 Å². The molecular formula is C23H29NO7. The lowest BCUT2D eigenvalue weighted by Crippen LogP contribution is -2.29. The van der Waals surface area contributed by atoms with Crippen LogP contribution in [0.5, 0.6) is 11.5 Å². The van der Waals surface area contributed by atoms with Crippen LogP contribution in [0.2, 0.25) is 0 Å². The zero-order valence-corrected chi connectivity index (χ0v) is 17.9. The predicted octanol–water partition coefficient (Wildman–Crippen LogP) is 2.53. The molecule has 8 nitrogen and oxygen atoms in total. The van der Waals surface area contributed by atoms with Gasteiger partial charge < -0.3 is 24.1 Å². The molecule has 2 N–H and O–H groups in total. The molecule has 0 bridgehead atoms. The number of methoxy groups -OCH3 is 2. The molecule has 1 aromatic heterocycles. The van der Waals surface area contributed by atoms with Crippen molar-refractivity contribution in [1.82, 2.24) is 4.90 Å². The summed E-state index contributed by atoms with van der Waals surface area (Å²) in [5.74, 6) is -0.873. The molecule has 0 amide bonds. The summed E-state index contributed by atoms with van der Waals surface area (Å²) < 4.78 is 16.1. The van der Waals surface area contributed by atoms with Gasteiger partial charge in [-0.2, -0.15) is 0 Å². The van der Waals surface area contributed by atoms with Crippen LogP contribution in [0.3, 0.4) is 0 Å². The first kappa shape index (κ1) is 22.8. The van der Waals surface area contributed by atoms with Crippen molar-refractivity contribution in [3.8, 4) is 11.5 Å². The summed E-state index contributed by atoms with van der Waals surface area (Å²) in [6, 6.07) is 6.35. The second kappa shape index (κ2) is 10.5. The van der Waals surface area contributed by atoms with Crippen LogP contribution >= 0.6 is 0 Å². The predicted molar refractivity (Wildman–Crippen MR) is 113 cm³/mol. The Morgan fingerprint density at radius 2 is 1.94 bits per heavy atom. The van der Waals surface area contributed by atoms with E-state index in [1.54, 1.807) is 18.2 Å². The monoisotopic (exact) mass is 431 g/mol. The number of piperidine rings is 1. The number of aliphatic hydroxyl groups is 1. The summed E-state index contributed by atoms with van der Waals surface area (Å²) in [6.07, 6.45) is 3.23. The Labute approximate surface area is 181 Å². The molecule has 1 aliphatic rings. The lowest BCUT2D eigenvalue weighted by Gasteiger charge is -2.26. The smallest absolute Gasteiger partial charge is 0.306 e. The molecule has 0 unspecified atom stereocenters. The number of ether oxygens (including phenoxy) is 2. The maximum atomic E-state index is 12.5. The van der Waals surface area contributed by atoms with Gasteiger partial charge in [-0.15, -0.1) is 0 Å². The lowest BCUT2D eigenvalue weighted by molar-refractivity contribution is -0.140.